The molecule has 1 aliphatic rings. The van der Waals surface area contributed by atoms with Crippen molar-refractivity contribution < 1.29 is 17.6 Å². The maximum absolute atomic E-state index is 12.8. The third-order valence-corrected chi connectivity index (χ3v) is 3.95. The van der Waals surface area contributed by atoms with Crippen molar-refractivity contribution in [3.8, 4) is 0 Å². The van der Waals surface area contributed by atoms with Crippen LogP contribution >= 0.6 is 0 Å². The number of rotatable bonds is 1. The van der Waals surface area contributed by atoms with Gasteiger partial charge in [0, 0.05) is 5.92 Å². The predicted octanol–water partition coefficient (Wildman–Crippen LogP) is 4.25. The Kier molecular flexibility index (Phi) is 3.11. The first kappa shape index (κ1) is 13.3. The van der Waals surface area contributed by atoms with Crippen LogP contribution in [0.1, 0.15) is 37.5 Å². The van der Waals surface area contributed by atoms with Crippen LogP contribution in [0.15, 0.2) is 22.6 Å². The summed E-state index contributed by atoms with van der Waals surface area (Å²) in [5, 5.41) is 0. The van der Waals surface area contributed by atoms with E-state index >= 15 is 0 Å². The maximum atomic E-state index is 12.8. The van der Waals surface area contributed by atoms with Gasteiger partial charge in [0.05, 0.1) is 11.6 Å². The van der Waals surface area contributed by atoms with Gasteiger partial charge in [-0.3, -0.25) is 0 Å². The van der Waals surface area contributed by atoms with Crippen molar-refractivity contribution in [1.82, 2.24) is 4.98 Å². The molecule has 0 amide bonds. The summed E-state index contributed by atoms with van der Waals surface area (Å²) in [6.45, 7) is 0. The van der Waals surface area contributed by atoms with Crippen LogP contribution in [-0.2, 0) is 0 Å². The Morgan fingerprint density at radius 3 is 2.75 bits per heavy atom. The fourth-order valence-electron chi connectivity index (χ4n) is 2.87. The molecule has 0 radical (unpaired) electrons. The first-order chi connectivity index (χ1) is 9.45. The minimum absolute atomic E-state index is 0.0518. The molecule has 1 aliphatic carbocycles. The average molecular weight is 284 g/mol. The molecule has 0 spiro atoms. The van der Waals surface area contributed by atoms with Crippen molar-refractivity contribution in [2.24, 2.45) is 5.92 Å². The summed E-state index contributed by atoms with van der Waals surface area (Å²) < 4.78 is 44.1. The summed E-state index contributed by atoms with van der Waals surface area (Å²) in [5.41, 5.74) is 7.35. The zero-order chi connectivity index (χ0) is 14.3. The maximum Gasteiger partial charge on any atom is 0.391 e. The highest BCUT2D eigenvalue weighted by Gasteiger charge is 2.43. The van der Waals surface area contributed by atoms with Gasteiger partial charge in [-0.05, 0) is 31.4 Å². The van der Waals surface area contributed by atoms with Gasteiger partial charge in [-0.2, -0.15) is 13.2 Å². The SMILES string of the molecule is Nc1cccc2oc(C3CCCC(C(F)(F)F)C3)nc12. The number of benzene rings is 1. The topological polar surface area (TPSA) is 52.0 Å². The van der Waals surface area contributed by atoms with E-state index in [0.29, 0.717) is 35.5 Å². The second kappa shape index (κ2) is 4.68. The lowest BCUT2D eigenvalue weighted by atomic mass is 9.81. The highest BCUT2D eigenvalue weighted by atomic mass is 19.4. The Labute approximate surface area is 114 Å². The summed E-state index contributed by atoms with van der Waals surface area (Å²) in [5.74, 6) is -1.15. The molecule has 108 valence electrons. The third kappa shape index (κ3) is 2.34. The normalized spacial score (nSPS) is 24.1. The van der Waals surface area contributed by atoms with Gasteiger partial charge in [-0.1, -0.05) is 12.5 Å². The van der Waals surface area contributed by atoms with Gasteiger partial charge >= 0.3 is 6.18 Å². The smallest absolute Gasteiger partial charge is 0.391 e. The number of nitrogens with two attached hydrogens (primary N) is 1. The average Bonchev–Trinajstić information content (AvgIpc) is 2.83. The molecule has 0 aliphatic heterocycles. The molecule has 6 heteroatoms. The van der Waals surface area contributed by atoms with Crippen molar-refractivity contribution in [3.05, 3.63) is 24.1 Å². The highest BCUT2D eigenvalue weighted by molar-refractivity contribution is 5.85. The number of para-hydroxylation sites is 1. The standard InChI is InChI=1S/C14H15F3N2O/c15-14(16,17)9-4-1-3-8(7-9)13-19-12-10(18)5-2-6-11(12)20-13/h2,5-6,8-9H,1,3-4,7,18H2. The monoisotopic (exact) mass is 284 g/mol. The van der Waals surface area contributed by atoms with Gasteiger partial charge < -0.3 is 10.2 Å². The number of nitrogens with zero attached hydrogens (tertiary/aromatic N) is 1. The van der Waals surface area contributed by atoms with Crippen LogP contribution < -0.4 is 5.73 Å². The van der Waals surface area contributed by atoms with Gasteiger partial charge in [0.25, 0.3) is 0 Å². The quantitative estimate of drug-likeness (QED) is 0.797. The van der Waals surface area contributed by atoms with Crippen LogP contribution in [-0.4, -0.2) is 11.2 Å². The number of alkyl halides is 3. The van der Waals surface area contributed by atoms with Gasteiger partial charge in [0.2, 0.25) is 0 Å². The lowest BCUT2D eigenvalue weighted by Crippen LogP contribution is -2.28. The van der Waals surface area contributed by atoms with E-state index in [-0.39, 0.29) is 18.8 Å². The number of aromatic nitrogens is 1. The first-order valence-electron chi connectivity index (χ1n) is 6.67. The van der Waals surface area contributed by atoms with Crippen molar-refractivity contribution >= 4 is 16.8 Å². The Balaban J connectivity index is 1.89. The molecule has 20 heavy (non-hydrogen) atoms. The lowest BCUT2D eigenvalue weighted by molar-refractivity contribution is -0.183. The summed E-state index contributed by atoms with van der Waals surface area (Å²) in [7, 11) is 0. The molecule has 1 heterocycles. The van der Waals surface area contributed by atoms with Crippen LogP contribution in [0.4, 0.5) is 18.9 Å². The van der Waals surface area contributed by atoms with Gasteiger partial charge in [-0.25, -0.2) is 4.98 Å². The lowest BCUT2D eigenvalue weighted by Gasteiger charge is -2.28. The van der Waals surface area contributed by atoms with Crippen molar-refractivity contribution in [1.29, 1.82) is 0 Å². The minimum Gasteiger partial charge on any atom is -0.440 e. The van der Waals surface area contributed by atoms with Crippen LogP contribution in [0.5, 0.6) is 0 Å². The molecular weight excluding hydrogens is 269 g/mol. The van der Waals surface area contributed by atoms with E-state index in [9.17, 15) is 13.2 Å². The zero-order valence-corrected chi connectivity index (χ0v) is 10.8. The summed E-state index contributed by atoms with van der Waals surface area (Å²) >= 11 is 0. The Morgan fingerprint density at radius 1 is 1.25 bits per heavy atom. The Bertz CT molecular complexity index is 620. The minimum atomic E-state index is -4.14. The number of anilines is 1. The highest BCUT2D eigenvalue weighted by Crippen LogP contribution is 2.44. The molecule has 1 fully saturated rings. The molecular formula is C14H15F3N2O. The molecule has 1 aromatic heterocycles. The van der Waals surface area contributed by atoms with Crippen molar-refractivity contribution in [2.45, 2.75) is 37.8 Å². The predicted molar refractivity (Wildman–Crippen MR) is 69.2 cm³/mol. The second-order valence-electron chi connectivity index (χ2n) is 5.35. The summed E-state index contributed by atoms with van der Waals surface area (Å²) in [6, 6.07) is 5.17. The number of fused-ring (bicyclic) bond motifs is 1. The van der Waals surface area contributed by atoms with Crippen molar-refractivity contribution in [2.75, 3.05) is 5.73 Å². The number of oxazole rings is 1. The fraction of sp³-hybridized carbons (Fsp3) is 0.500. The number of hydrogen-bond donors (Lipinski definition) is 1. The molecule has 2 N–H and O–H groups in total. The zero-order valence-electron chi connectivity index (χ0n) is 10.8. The van der Waals surface area contributed by atoms with E-state index in [4.69, 9.17) is 10.2 Å². The van der Waals surface area contributed by atoms with E-state index in [1.165, 1.54) is 0 Å². The molecule has 2 atom stereocenters. The van der Waals surface area contributed by atoms with E-state index < -0.39 is 12.1 Å². The molecule has 2 unspecified atom stereocenters. The number of hydrogen-bond acceptors (Lipinski definition) is 3. The van der Waals surface area contributed by atoms with Gasteiger partial charge in [0.15, 0.2) is 11.5 Å². The fourth-order valence-corrected chi connectivity index (χ4v) is 2.87. The molecule has 3 nitrogen and oxygen atoms in total. The van der Waals surface area contributed by atoms with Crippen LogP contribution in [0.2, 0.25) is 0 Å². The largest absolute Gasteiger partial charge is 0.440 e. The Morgan fingerprint density at radius 2 is 2.05 bits per heavy atom. The molecule has 0 saturated heterocycles. The van der Waals surface area contributed by atoms with Gasteiger partial charge in [-0.15, -0.1) is 0 Å². The van der Waals surface area contributed by atoms with Gasteiger partial charge in [0.1, 0.15) is 5.52 Å². The number of nitrogen functional groups attached to an aromatic ring is 1. The summed E-state index contributed by atoms with van der Waals surface area (Å²) in [6.07, 6.45) is -2.66. The Hall–Kier alpha value is -1.72. The number of halogens is 3. The van der Waals surface area contributed by atoms with Crippen LogP contribution in [0.25, 0.3) is 11.1 Å². The van der Waals surface area contributed by atoms with E-state index in [1.807, 2.05) is 0 Å². The van der Waals surface area contributed by atoms with E-state index in [2.05, 4.69) is 4.98 Å². The third-order valence-electron chi connectivity index (χ3n) is 3.95. The van der Waals surface area contributed by atoms with Crippen LogP contribution in [0.3, 0.4) is 0 Å². The first-order valence-corrected chi connectivity index (χ1v) is 6.67. The van der Waals surface area contributed by atoms with Crippen LogP contribution in [0, 0.1) is 5.92 Å². The molecule has 2 aromatic rings. The van der Waals surface area contributed by atoms with E-state index in [0.717, 1.165) is 0 Å². The van der Waals surface area contributed by atoms with Crippen molar-refractivity contribution in [3.63, 3.8) is 0 Å². The molecule has 1 aromatic carbocycles. The second-order valence-corrected chi connectivity index (χ2v) is 5.35. The molecule has 1 saturated carbocycles. The molecule has 3 rings (SSSR count). The molecule has 0 bridgehead atoms. The summed E-state index contributed by atoms with van der Waals surface area (Å²) in [4.78, 5) is 4.29. The van der Waals surface area contributed by atoms with E-state index in [1.54, 1.807) is 18.2 Å².